The third kappa shape index (κ3) is 3.99. The molecule has 2 nitrogen and oxygen atoms in total. The van der Waals surface area contributed by atoms with Gasteiger partial charge in [0.25, 0.3) is 0 Å². The molecule has 3 heteroatoms. The molecule has 0 saturated heterocycles. The molecule has 0 unspecified atom stereocenters. The monoisotopic (exact) mass is 301 g/mol. The van der Waals surface area contributed by atoms with Gasteiger partial charge in [-0.05, 0) is 67.6 Å². The Hall–Kier alpha value is -1.51. The van der Waals surface area contributed by atoms with Crippen LogP contribution in [0.4, 0.5) is 0 Å². The second kappa shape index (κ2) is 6.08. The Morgan fingerprint density at radius 1 is 1.05 bits per heavy atom. The van der Waals surface area contributed by atoms with E-state index in [1.165, 1.54) is 24.0 Å². The first-order valence-electron chi connectivity index (χ1n) is 7.38. The van der Waals surface area contributed by atoms with Crippen LogP contribution in [0.2, 0.25) is 5.02 Å². The van der Waals surface area contributed by atoms with E-state index in [0.717, 1.165) is 28.6 Å². The van der Waals surface area contributed by atoms with Crippen LogP contribution in [0.15, 0.2) is 36.4 Å². The Labute approximate surface area is 131 Å². The first kappa shape index (κ1) is 14.4. The van der Waals surface area contributed by atoms with Gasteiger partial charge in [0.1, 0.15) is 11.5 Å². The molecule has 21 heavy (non-hydrogen) atoms. The van der Waals surface area contributed by atoms with E-state index < -0.39 is 0 Å². The minimum absolute atomic E-state index is 0.687. The Balaban J connectivity index is 1.71. The van der Waals surface area contributed by atoms with E-state index in [1.807, 2.05) is 30.3 Å². The molecular formula is C18H20ClNO. The molecule has 1 fully saturated rings. The molecular weight excluding hydrogens is 282 g/mol. The molecule has 2 aromatic carbocycles. The molecule has 0 aromatic heterocycles. The van der Waals surface area contributed by atoms with E-state index in [-0.39, 0.29) is 0 Å². The standard InChI is InChI=1S/C18H20ClNO/c1-12-7-13(2)9-17(8-12)21-16-6-3-14(18(19)10-16)11-20-15-4-5-15/h3,6-10,15,20H,4-5,11H2,1-2H3. The number of nitrogens with one attached hydrogen (secondary N) is 1. The second-order valence-electron chi connectivity index (χ2n) is 5.83. The van der Waals surface area contributed by atoms with Crippen LogP contribution in [0.3, 0.4) is 0 Å². The maximum absolute atomic E-state index is 6.34. The van der Waals surface area contributed by atoms with Gasteiger partial charge in [-0.2, -0.15) is 0 Å². The molecule has 1 saturated carbocycles. The lowest BCUT2D eigenvalue weighted by atomic mass is 10.1. The van der Waals surface area contributed by atoms with Gasteiger partial charge >= 0.3 is 0 Å². The van der Waals surface area contributed by atoms with E-state index in [9.17, 15) is 0 Å². The lowest BCUT2D eigenvalue weighted by Crippen LogP contribution is -2.15. The number of benzene rings is 2. The molecule has 2 aromatic rings. The fourth-order valence-electron chi connectivity index (χ4n) is 2.40. The normalized spacial score (nSPS) is 14.2. The van der Waals surface area contributed by atoms with Crippen molar-refractivity contribution in [2.24, 2.45) is 0 Å². The average molecular weight is 302 g/mol. The highest BCUT2D eigenvalue weighted by atomic mass is 35.5. The molecule has 0 atom stereocenters. The molecule has 1 aliphatic rings. The summed E-state index contributed by atoms with van der Waals surface area (Å²) < 4.78 is 5.91. The molecule has 0 spiro atoms. The smallest absolute Gasteiger partial charge is 0.128 e. The van der Waals surface area contributed by atoms with E-state index in [0.29, 0.717) is 6.04 Å². The zero-order chi connectivity index (χ0) is 14.8. The summed E-state index contributed by atoms with van der Waals surface area (Å²) in [6, 6.07) is 12.8. The van der Waals surface area contributed by atoms with Gasteiger partial charge in [-0.3, -0.25) is 0 Å². The summed E-state index contributed by atoms with van der Waals surface area (Å²) in [5.74, 6) is 1.63. The predicted molar refractivity (Wildman–Crippen MR) is 87.3 cm³/mol. The Bertz CT molecular complexity index is 629. The van der Waals surface area contributed by atoms with Crippen LogP contribution in [-0.4, -0.2) is 6.04 Å². The topological polar surface area (TPSA) is 21.3 Å². The highest BCUT2D eigenvalue weighted by Gasteiger charge is 2.20. The summed E-state index contributed by atoms with van der Waals surface area (Å²) >= 11 is 6.34. The van der Waals surface area contributed by atoms with Gasteiger partial charge in [0.2, 0.25) is 0 Å². The van der Waals surface area contributed by atoms with Crippen molar-refractivity contribution in [3.63, 3.8) is 0 Å². The summed E-state index contributed by atoms with van der Waals surface area (Å²) in [6.07, 6.45) is 2.57. The maximum Gasteiger partial charge on any atom is 0.128 e. The number of hydrogen-bond donors (Lipinski definition) is 1. The van der Waals surface area contributed by atoms with Gasteiger partial charge in [0.05, 0.1) is 0 Å². The minimum Gasteiger partial charge on any atom is -0.457 e. The summed E-state index contributed by atoms with van der Waals surface area (Å²) in [7, 11) is 0. The van der Waals surface area contributed by atoms with Gasteiger partial charge in [-0.1, -0.05) is 23.7 Å². The number of ether oxygens (including phenoxy) is 1. The molecule has 3 rings (SSSR count). The van der Waals surface area contributed by atoms with Crippen LogP contribution in [0.1, 0.15) is 29.5 Å². The van der Waals surface area contributed by atoms with Gasteiger partial charge in [-0.15, -0.1) is 0 Å². The van der Waals surface area contributed by atoms with Crippen molar-refractivity contribution in [3.05, 3.63) is 58.1 Å². The quantitative estimate of drug-likeness (QED) is 0.839. The third-order valence-electron chi connectivity index (χ3n) is 3.61. The molecule has 0 radical (unpaired) electrons. The van der Waals surface area contributed by atoms with Crippen LogP contribution in [-0.2, 0) is 6.54 Å². The largest absolute Gasteiger partial charge is 0.457 e. The van der Waals surface area contributed by atoms with Crippen LogP contribution in [0.5, 0.6) is 11.5 Å². The first-order valence-corrected chi connectivity index (χ1v) is 7.76. The highest BCUT2D eigenvalue weighted by Crippen LogP contribution is 2.28. The van der Waals surface area contributed by atoms with Crippen molar-refractivity contribution in [2.75, 3.05) is 0 Å². The van der Waals surface area contributed by atoms with E-state index in [4.69, 9.17) is 16.3 Å². The van der Waals surface area contributed by atoms with Crippen molar-refractivity contribution in [2.45, 2.75) is 39.3 Å². The summed E-state index contributed by atoms with van der Waals surface area (Å²) in [6.45, 7) is 4.96. The fourth-order valence-corrected chi connectivity index (χ4v) is 2.64. The van der Waals surface area contributed by atoms with Crippen molar-refractivity contribution in [1.82, 2.24) is 5.32 Å². The molecule has 1 N–H and O–H groups in total. The van der Waals surface area contributed by atoms with Crippen LogP contribution in [0, 0.1) is 13.8 Å². The third-order valence-corrected chi connectivity index (χ3v) is 3.97. The molecule has 0 aliphatic heterocycles. The fraction of sp³-hybridized carbons (Fsp3) is 0.333. The lowest BCUT2D eigenvalue weighted by Gasteiger charge is -2.10. The number of aryl methyl sites for hydroxylation is 2. The van der Waals surface area contributed by atoms with Gasteiger partial charge < -0.3 is 10.1 Å². The summed E-state index contributed by atoms with van der Waals surface area (Å²) in [5.41, 5.74) is 3.51. The second-order valence-corrected chi connectivity index (χ2v) is 6.24. The van der Waals surface area contributed by atoms with Crippen LogP contribution in [0.25, 0.3) is 0 Å². The molecule has 110 valence electrons. The molecule has 1 aliphatic carbocycles. The number of hydrogen-bond acceptors (Lipinski definition) is 2. The van der Waals surface area contributed by atoms with Crippen LogP contribution < -0.4 is 10.1 Å². The molecule has 0 amide bonds. The molecule has 0 heterocycles. The summed E-state index contributed by atoms with van der Waals surface area (Å²) in [4.78, 5) is 0. The Kier molecular flexibility index (Phi) is 4.18. The average Bonchev–Trinajstić information content (AvgIpc) is 3.20. The highest BCUT2D eigenvalue weighted by molar-refractivity contribution is 6.31. The van der Waals surface area contributed by atoms with E-state index >= 15 is 0 Å². The number of halogens is 1. The predicted octanol–water partition coefficient (Wildman–Crippen LogP) is 5.00. The number of rotatable bonds is 5. The van der Waals surface area contributed by atoms with Gasteiger partial charge in [-0.25, -0.2) is 0 Å². The van der Waals surface area contributed by atoms with Gasteiger partial charge in [0.15, 0.2) is 0 Å². The van der Waals surface area contributed by atoms with Crippen LogP contribution >= 0.6 is 11.6 Å². The van der Waals surface area contributed by atoms with Crippen molar-refractivity contribution < 1.29 is 4.74 Å². The zero-order valence-electron chi connectivity index (χ0n) is 12.4. The van der Waals surface area contributed by atoms with E-state index in [1.54, 1.807) is 0 Å². The SMILES string of the molecule is Cc1cc(C)cc(Oc2ccc(CNC3CC3)c(Cl)c2)c1. The zero-order valence-corrected chi connectivity index (χ0v) is 13.2. The lowest BCUT2D eigenvalue weighted by molar-refractivity contribution is 0.481. The minimum atomic E-state index is 0.687. The van der Waals surface area contributed by atoms with E-state index in [2.05, 4.69) is 25.2 Å². The Morgan fingerprint density at radius 2 is 1.76 bits per heavy atom. The Morgan fingerprint density at radius 3 is 2.38 bits per heavy atom. The summed E-state index contributed by atoms with van der Waals surface area (Å²) in [5, 5.41) is 4.23. The maximum atomic E-state index is 6.34. The van der Waals surface area contributed by atoms with Crippen molar-refractivity contribution in [1.29, 1.82) is 0 Å². The first-order chi connectivity index (χ1) is 10.1. The van der Waals surface area contributed by atoms with Crippen molar-refractivity contribution in [3.8, 4) is 11.5 Å². The van der Waals surface area contributed by atoms with Crippen molar-refractivity contribution >= 4 is 11.6 Å². The van der Waals surface area contributed by atoms with Gasteiger partial charge in [0, 0.05) is 17.6 Å². The molecule has 0 bridgehead atoms.